The Kier molecular flexibility index (Phi) is 15.7. The molecule has 2 nitrogen and oxygen atoms in total. The van der Waals surface area contributed by atoms with Gasteiger partial charge in [0.25, 0.3) is 0 Å². The van der Waals surface area contributed by atoms with Gasteiger partial charge in [-0.25, -0.2) is 0 Å². The second-order valence-electron chi connectivity index (χ2n) is 5.49. The molecule has 0 aliphatic carbocycles. The second-order valence-corrected chi connectivity index (χ2v) is 9.67. The summed E-state index contributed by atoms with van der Waals surface area (Å²) in [6.45, 7) is 14.7. The maximum absolute atomic E-state index is 2.85. The van der Waals surface area contributed by atoms with Gasteiger partial charge in [-0.1, -0.05) is 0 Å². The molecule has 0 aromatic carbocycles. The summed E-state index contributed by atoms with van der Waals surface area (Å²) in [5.74, 6) is 0. The van der Waals surface area contributed by atoms with Crippen molar-refractivity contribution in [3.63, 3.8) is 0 Å². The van der Waals surface area contributed by atoms with E-state index in [2.05, 4.69) is 33.9 Å². The molecule has 0 spiro atoms. The molecule has 2 radical (unpaired) electrons. The Morgan fingerprint density at radius 3 is 1.00 bits per heavy atom. The van der Waals surface area contributed by atoms with Gasteiger partial charge in [0.05, 0.1) is 0 Å². The van der Waals surface area contributed by atoms with Crippen LogP contribution in [0.5, 0.6) is 0 Å². The molecule has 0 unspecified atom stereocenters. The van der Waals surface area contributed by atoms with Crippen LogP contribution in [-0.4, -0.2) is 54.1 Å². The molecule has 0 aromatic heterocycles. The van der Waals surface area contributed by atoms with E-state index in [0.29, 0.717) is 0 Å². The van der Waals surface area contributed by atoms with E-state index in [1.807, 2.05) is 0 Å². The third-order valence-electron chi connectivity index (χ3n) is 3.41. The average Bonchev–Trinajstić information content (AvgIpc) is 2.44. The van der Waals surface area contributed by atoms with Crippen molar-refractivity contribution in [2.75, 3.05) is 26.2 Å². The van der Waals surface area contributed by atoms with Gasteiger partial charge < -0.3 is 0 Å². The molecular formula is C16H36N2Sn. The van der Waals surface area contributed by atoms with Gasteiger partial charge in [-0.15, -0.1) is 0 Å². The molecule has 0 saturated carbocycles. The Morgan fingerprint density at radius 1 is 0.526 bits per heavy atom. The molecule has 0 rings (SSSR count). The summed E-state index contributed by atoms with van der Waals surface area (Å²) in [6.07, 6.45) is 10.9. The third kappa shape index (κ3) is 12.2. The van der Waals surface area contributed by atoms with E-state index in [0.717, 1.165) is 0 Å². The SMILES string of the molecule is CCCC[N](CCCC)[Sn][N](CCCC)CCCC. The summed E-state index contributed by atoms with van der Waals surface area (Å²) >= 11 is -0.482. The first kappa shape index (κ1) is 19.7. The van der Waals surface area contributed by atoms with Crippen LogP contribution >= 0.6 is 0 Å². The summed E-state index contributed by atoms with van der Waals surface area (Å²) in [7, 11) is 0. The van der Waals surface area contributed by atoms with Gasteiger partial charge in [0.15, 0.2) is 0 Å². The van der Waals surface area contributed by atoms with Gasteiger partial charge in [0.1, 0.15) is 0 Å². The van der Waals surface area contributed by atoms with E-state index >= 15 is 0 Å². The minimum absolute atomic E-state index is 0.482. The third-order valence-corrected chi connectivity index (χ3v) is 7.58. The molecule has 0 heterocycles. The van der Waals surface area contributed by atoms with Crippen molar-refractivity contribution in [3.05, 3.63) is 0 Å². The molecule has 0 N–H and O–H groups in total. The number of nitrogens with zero attached hydrogens (tertiary/aromatic N) is 2. The molecule has 0 aliphatic rings. The quantitative estimate of drug-likeness (QED) is 0.417. The van der Waals surface area contributed by atoms with E-state index in [4.69, 9.17) is 0 Å². The first-order valence-corrected chi connectivity index (χ1v) is 11.1. The van der Waals surface area contributed by atoms with Gasteiger partial charge in [-0.3, -0.25) is 0 Å². The molecule has 3 heteroatoms. The summed E-state index contributed by atoms with van der Waals surface area (Å²) in [5.41, 5.74) is 0. The number of hydrogen-bond acceptors (Lipinski definition) is 2. The Balaban J connectivity index is 4.16. The Morgan fingerprint density at radius 2 is 0.789 bits per heavy atom. The van der Waals surface area contributed by atoms with Crippen LogP contribution in [0.3, 0.4) is 0 Å². The van der Waals surface area contributed by atoms with Crippen molar-refractivity contribution in [1.82, 2.24) is 6.24 Å². The summed E-state index contributed by atoms with van der Waals surface area (Å²) in [4.78, 5) is 0. The van der Waals surface area contributed by atoms with Crippen molar-refractivity contribution >= 4 is 21.7 Å². The fourth-order valence-electron chi connectivity index (χ4n) is 2.02. The van der Waals surface area contributed by atoms with Gasteiger partial charge in [-0.2, -0.15) is 0 Å². The first-order valence-electron chi connectivity index (χ1n) is 8.54. The fourth-order valence-corrected chi connectivity index (χ4v) is 6.11. The number of rotatable bonds is 14. The van der Waals surface area contributed by atoms with E-state index in [1.165, 1.54) is 77.5 Å². The Bertz CT molecular complexity index is 142. The van der Waals surface area contributed by atoms with Crippen LogP contribution in [0.15, 0.2) is 0 Å². The van der Waals surface area contributed by atoms with Gasteiger partial charge >= 0.3 is 133 Å². The van der Waals surface area contributed by atoms with E-state index in [1.54, 1.807) is 0 Å². The first-order chi connectivity index (χ1) is 9.28. The Hall–Kier alpha value is 0.719. The van der Waals surface area contributed by atoms with Crippen molar-refractivity contribution in [2.45, 2.75) is 79.1 Å². The van der Waals surface area contributed by atoms with Crippen molar-refractivity contribution in [2.24, 2.45) is 0 Å². The van der Waals surface area contributed by atoms with E-state index in [9.17, 15) is 0 Å². The minimum atomic E-state index is -0.482. The molecule has 0 saturated heterocycles. The molecule has 0 atom stereocenters. The Labute approximate surface area is 133 Å². The van der Waals surface area contributed by atoms with Crippen molar-refractivity contribution in [3.8, 4) is 0 Å². The summed E-state index contributed by atoms with van der Waals surface area (Å²) in [6, 6.07) is 0. The molecule has 0 bridgehead atoms. The van der Waals surface area contributed by atoms with Crippen LogP contribution in [-0.2, 0) is 0 Å². The van der Waals surface area contributed by atoms with Crippen molar-refractivity contribution in [1.29, 1.82) is 0 Å². The normalized spacial score (nSPS) is 11.7. The molecule has 0 aliphatic heterocycles. The van der Waals surface area contributed by atoms with E-state index < -0.39 is 21.7 Å². The molecule has 114 valence electrons. The fraction of sp³-hybridized carbons (Fsp3) is 1.00. The molecule has 19 heavy (non-hydrogen) atoms. The van der Waals surface area contributed by atoms with Crippen molar-refractivity contribution < 1.29 is 0 Å². The van der Waals surface area contributed by atoms with E-state index in [-0.39, 0.29) is 0 Å². The maximum atomic E-state index is 2.85. The van der Waals surface area contributed by atoms with Gasteiger partial charge in [0.2, 0.25) is 0 Å². The van der Waals surface area contributed by atoms with Crippen LogP contribution < -0.4 is 0 Å². The van der Waals surface area contributed by atoms with Crippen LogP contribution in [0.25, 0.3) is 0 Å². The van der Waals surface area contributed by atoms with Crippen LogP contribution in [0.4, 0.5) is 0 Å². The average molecular weight is 375 g/mol. The second kappa shape index (κ2) is 15.1. The topological polar surface area (TPSA) is 6.48 Å². The number of unbranched alkanes of at least 4 members (excludes halogenated alkanes) is 4. The number of hydrogen-bond donors (Lipinski definition) is 0. The standard InChI is InChI=1S/2C8H18N.Sn/c2*1-3-5-7-9-8-6-4-2;/h2*3-8H2,1-2H3;/q2*-1;+2. The molecular weight excluding hydrogens is 339 g/mol. The predicted molar refractivity (Wildman–Crippen MR) is 88.5 cm³/mol. The zero-order chi connectivity index (χ0) is 14.3. The summed E-state index contributed by atoms with van der Waals surface area (Å²) < 4.78 is 5.70. The van der Waals surface area contributed by atoms with Crippen LogP contribution in [0.2, 0.25) is 0 Å². The summed E-state index contributed by atoms with van der Waals surface area (Å²) in [5, 5.41) is 0. The van der Waals surface area contributed by atoms with Gasteiger partial charge in [0, 0.05) is 0 Å². The van der Waals surface area contributed by atoms with Gasteiger partial charge in [-0.05, 0) is 0 Å². The zero-order valence-electron chi connectivity index (χ0n) is 13.9. The molecule has 0 aromatic rings. The predicted octanol–water partition coefficient (Wildman–Crippen LogP) is 4.33. The van der Waals surface area contributed by atoms with Crippen LogP contribution in [0.1, 0.15) is 79.1 Å². The zero-order valence-corrected chi connectivity index (χ0v) is 16.7. The monoisotopic (exact) mass is 376 g/mol. The molecule has 0 fully saturated rings. The molecule has 0 amide bonds. The van der Waals surface area contributed by atoms with Crippen LogP contribution in [0, 0.1) is 0 Å².